The number of rotatable bonds is 18. The van der Waals surface area contributed by atoms with Crippen molar-refractivity contribution in [2.24, 2.45) is 0 Å². The van der Waals surface area contributed by atoms with Crippen LogP contribution in [0.15, 0.2) is 0 Å². The quantitative estimate of drug-likeness (QED) is 0.204. The summed E-state index contributed by atoms with van der Waals surface area (Å²) in [4.78, 5) is 35.1. The third kappa shape index (κ3) is 13.5. The second-order valence-corrected chi connectivity index (χ2v) is 6.80. The number of likely N-dealkylation sites (N-methyl/N-ethyl adjacent to an activating group) is 2. The molecule has 0 aromatic carbocycles. The molecule has 8 heteroatoms. The third-order valence-corrected chi connectivity index (χ3v) is 4.45. The monoisotopic (exact) mass is 385 g/mol. The van der Waals surface area contributed by atoms with Crippen LogP contribution in [0.4, 0.5) is 0 Å². The molecule has 8 nitrogen and oxygen atoms in total. The van der Waals surface area contributed by atoms with Gasteiger partial charge in [-0.05, 0) is 60.4 Å². The third-order valence-electron chi connectivity index (χ3n) is 4.45. The number of nitrogens with one attached hydrogen (secondary N) is 5. The number of carbonyl (C=O) groups is 3. The van der Waals surface area contributed by atoms with Crippen LogP contribution in [0, 0.1) is 0 Å². The Kier molecular flexibility index (Phi) is 16.0. The summed E-state index contributed by atoms with van der Waals surface area (Å²) in [6.45, 7) is 4.49. The van der Waals surface area contributed by atoms with E-state index in [-0.39, 0.29) is 29.9 Å². The summed E-state index contributed by atoms with van der Waals surface area (Å²) in [6, 6.07) is -0.524. The Balaban J connectivity index is 3.65. The second kappa shape index (κ2) is 16.8. The van der Waals surface area contributed by atoms with Crippen LogP contribution in [0.1, 0.15) is 45.4 Å². The molecule has 0 aliphatic rings. The Hall–Kier alpha value is -1.35. The number of carbonyl (C=O) groups excluding carboxylic acids is 3. The molecule has 2 atom stereocenters. The highest BCUT2D eigenvalue weighted by atomic mass is 16.2. The largest absolute Gasteiger partial charge is 0.355 e. The minimum Gasteiger partial charge on any atom is -0.355 e. The molecule has 27 heavy (non-hydrogen) atoms. The number of ketones is 2. The van der Waals surface area contributed by atoms with E-state index >= 15 is 0 Å². The molecule has 0 rings (SSSR count). The van der Waals surface area contributed by atoms with Crippen molar-refractivity contribution in [3.8, 4) is 0 Å². The number of hydrogen-bond acceptors (Lipinski definition) is 7. The maximum Gasteiger partial charge on any atom is 0.237 e. The minimum atomic E-state index is -0.448. The average Bonchev–Trinajstić information content (AvgIpc) is 2.64. The van der Waals surface area contributed by atoms with Crippen molar-refractivity contribution in [3.05, 3.63) is 0 Å². The Morgan fingerprint density at radius 1 is 0.815 bits per heavy atom. The fourth-order valence-corrected chi connectivity index (χ4v) is 2.77. The molecule has 0 spiro atoms. The summed E-state index contributed by atoms with van der Waals surface area (Å²) < 4.78 is 0. The molecular formula is C19H39N5O3. The standard InChI is InChI=1S/C19H39N5O3/c1-15(25)14-17(22-4)19(27)24-11-7-5-6-10-23-13-9-18(26)16(21-3)8-12-20-2/h16-17,20-23H,5-14H2,1-4H3,(H,24,27)/t16-,17-/m0/s1. The maximum absolute atomic E-state index is 12.1. The highest BCUT2D eigenvalue weighted by Crippen LogP contribution is 1.98. The van der Waals surface area contributed by atoms with Crippen LogP contribution in [0.2, 0.25) is 0 Å². The topological polar surface area (TPSA) is 111 Å². The zero-order chi connectivity index (χ0) is 20.5. The summed E-state index contributed by atoms with van der Waals surface area (Å²) in [5.41, 5.74) is 0. The Labute approximate surface area is 164 Å². The van der Waals surface area contributed by atoms with E-state index in [9.17, 15) is 14.4 Å². The Morgan fingerprint density at radius 2 is 1.48 bits per heavy atom. The van der Waals surface area contributed by atoms with Gasteiger partial charge in [-0.2, -0.15) is 0 Å². The molecule has 0 aliphatic carbocycles. The van der Waals surface area contributed by atoms with E-state index in [0.29, 0.717) is 19.5 Å². The molecular weight excluding hydrogens is 346 g/mol. The van der Waals surface area contributed by atoms with Gasteiger partial charge in [0, 0.05) is 25.9 Å². The summed E-state index contributed by atoms with van der Waals surface area (Å²) in [5.74, 6) is 0.117. The predicted molar refractivity (Wildman–Crippen MR) is 109 cm³/mol. The van der Waals surface area contributed by atoms with Gasteiger partial charge in [-0.3, -0.25) is 14.4 Å². The van der Waals surface area contributed by atoms with Gasteiger partial charge in [-0.15, -0.1) is 0 Å². The highest BCUT2D eigenvalue weighted by Gasteiger charge is 2.17. The summed E-state index contributed by atoms with van der Waals surface area (Å²) in [5, 5.41) is 15.2. The van der Waals surface area contributed by atoms with Gasteiger partial charge in [0.2, 0.25) is 5.91 Å². The molecule has 0 saturated heterocycles. The van der Waals surface area contributed by atoms with Gasteiger partial charge < -0.3 is 26.6 Å². The van der Waals surface area contributed by atoms with Crippen LogP contribution < -0.4 is 26.6 Å². The lowest BCUT2D eigenvalue weighted by molar-refractivity contribution is -0.126. The lowest BCUT2D eigenvalue weighted by Crippen LogP contribution is -2.43. The summed E-state index contributed by atoms with van der Waals surface area (Å²) in [6.07, 6.45) is 4.45. The van der Waals surface area contributed by atoms with E-state index in [1.54, 1.807) is 7.05 Å². The molecule has 0 heterocycles. The van der Waals surface area contributed by atoms with Crippen molar-refractivity contribution < 1.29 is 14.4 Å². The van der Waals surface area contributed by atoms with Gasteiger partial charge in [-0.1, -0.05) is 6.42 Å². The van der Waals surface area contributed by atoms with Crippen molar-refractivity contribution in [1.82, 2.24) is 26.6 Å². The zero-order valence-corrected chi connectivity index (χ0v) is 17.5. The normalized spacial score (nSPS) is 13.2. The number of hydrogen-bond donors (Lipinski definition) is 5. The van der Waals surface area contributed by atoms with E-state index in [4.69, 9.17) is 0 Å². The molecule has 0 aromatic rings. The van der Waals surface area contributed by atoms with E-state index in [1.807, 2.05) is 14.1 Å². The first-order chi connectivity index (χ1) is 13.0. The van der Waals surface area contributed by atoms with Crippen molar-refractivity contribution in [2.75, 3.05) is 47.3 Å². The molecule has 0 saturated carbocycles. The lowest BCUT2D eigenvalue weighted by atomic mass is 10.1. The average molecular weight is 386 g/mol. The molecule has 0 unspecified atom stereocenters. The molecule has 0 aromatic heterocycles. The fraction of sp³-hybridized carbons (Fsp3) is 0.842. The van der Waals surface area contributed by atoms with Gasteiger partial charge in [0.05, 0.1) is 12.1 Å². The molecule has 5 N–H and O–H groups in total. The zero-order valence-electron chi connectivity index (χ0n) is 17.5. The van der Waals surface area contributed by atoms with Gasteiger partial charge >= 0.3 is 0 Å². The van der Waals surface area contributed by atoms with E-state index < -0.39 is 6.04 Å². The van der Waals surface area contributed by atoms with Crippen LogP contribution in [0.25, 0.3) is 0 Å². The SMILES string of the molecule is CNCC[C@H](NC)C(=O)CCNCCCCCNC(=O)[C@H](CC(C)=O)NC. The second-order valence-electron chi connectivity index (χ2n) is 6.80. The van der Waals surface area contributed by atoms with E-state index in [2.05, 4.69) is 26.6 Å². The molecule has 1 amide bonds. The Morgan fingerprint density at radius 3 is 2.07 bits per heavy atom. The Bertz CT molecular complexity index is 432. The van der Waals surface area contributed by atoms with Crippen molar-refractivity contribution in [3.63, 3.8) is 0 Å². The number of Topliss-reactive ketones (excluding diaryl/α,β-unsaturated/α-hetero) is 2. The van der Waals surface area contributed by atoms with Crippen molar-refractivity contribution in [1.29, 1.82) is 0 Å². The van der Waals surface area contributed by atoms with Gasteiger partial charge in [0.25, 0.3) is 0 Å². The van der Waals surface area contributed by atoms with Crippen LogP contribution in [0.3, 0.4) is 0 Å². The number of unbranched alkanes of at least 4 members (excludes halogenated alkanes) is 2. The molecule has 0 bridgehead atoms. The first-order valence-electron chi connectivity index (χ1n) is 9.95. The van der Waals surface area contributed by atoms with Gasteiger partial charge in [-0.25, -0.2) is 0 Å². The molecule has 158 valence electrons. The minimum absolute atomic E-state index is 0.00266. The van der Waals surface area contributed by atoms with Gasteiger partial charge in [0.1, 0.15) is 5.78 Å². The van der Waals surface area contributed by atoms with E-state index in [0.717, 1.165) is 38.8 Å². The highest BCUT2D eigenvalue weighted by molar-refractivity contribution is 5.88. The van der Waals surface area contributed by atoms with E-state index in [1.165, 1.54) is 6.92 Å². The summed E-state index contributed by atoms with van der Waals surface area (Å²) in [7, 11) is 5.39. The number of amides is 1. The van der Waals surface area contributed by atoms with Crippen LogP contribution >= 0.6 is 0 Å². The predicted octanol–water partition coefficient (Wildman–Crippen LogP) is -0.414. The van der Waals surface area contributed by atoms with Crippen LogP contribution in [0.5, 0.6) is 0 Å². The van der Waals surface area contributed by atoms with Crippen molar-refractivity contribution >= 4 is 17.5 Å². The lowest BCUT2D eigenvalue weighted by Gasteiger charge is -2.15. The molecule has 0 fully saturated rings. The van der Waals surface area contributed by atoms with Crippen LogP contribution in [-0.2, 0) is 14.4 Å². The molecule has 0 radical (unpaired) electrons. The first-order valence-corrected chi connectivity index (χ1v) is 9.95. The fourth-order valence-electron chi connectivity index (χ4n) is 2.77. The van der Waals surface area contributed by atoms with Crippen molar-refractivity contribution in [2.45, 2.75) is 57.5 Å². The van der Waals surface area contributed by atoms with Crippen LogP contribution in [-0.4, -0.2) is 76.9 Å². The van der Waals surface area contributed by atoms with Gasteiger partial charge in [0.15, 0.2) is 5.78 Å². The maximum atomic E-state index is 12.1. The smallest absolute Gasteiger partial charge is 0.237 e. The first kappa shape index (κ1) is 25.6. The summed E-state index contributed by atoms with van der Waals surface area (Å²) >= 11 is 0. The molecule has 0 aliphatic heterocycles.